The van der Waals surface area contributed by atoms with Crippen LogP contribution in [0.1, 0.15) is 31.1 Å². The Hall–Kier alpha value is -4.40. The van der Waals surface area contributed by atoms with Crippen molar-refractivity contribution >= 4 is 35.1 Å². The molecular weight excluding hydrogens is 422 g/mol. The summed E-state index contributed by atoms with van der Waals surface area (Å²) >= 11 is 0. The number of rotatable bonds is 5. The molecule has 0 aliphatic carbocycles. The van der Waals surface area contributed by atoms with Gasteiger partial charge >= 0.3 is 5.97 Å². The van der Waals surface area contributed by atoms with Crippen molar-refractivity contribution in [2.24, 2.45) is 0 Å². The number of halogens is 2. The number of anilines is 2. The number of nitrogens with zero attached hydrogens (tertiary/aromatic N) is 1. The van der Waals surface area contributed by atoms with Gasteiger partial charge in [0, 0.05) is 5.69 Å². The van der Waals surface area contributed by atoms with Gasteiger partial charge in [0.2, 0.25) is 0 Å². The van der Waals surface area contributed by atoms with Crippen LogP contribution < -0.4 is 10.2 Å². The third-order valence-corrected chi connectivity index (χ3v) is 4.65. The quantitative estimate of drug-likeness (QED) is 0.488. The third kappa shape index (κ3) is 4.08. The van der Waals surface area contributed by atoms with Gasteiger partial charge in [0.05, 0.1) is 22.4 Å². The first-order valence-corrected chi connectivity index (χ1v) is 9.34. The Kier molecular flexibility index (Phi) is 5.46. The molecule has 0 fully saturated rings. The van der Waals surface area contributed by atoms with Crippen LogP contribution in [0.25, 0.3) is 0 Å². The van der Waals surface area contributed by atoms with E-state index in [-0.39, 0.29) is 28.1 Å². The lowest BCUT2D eigenvalue weighted by Gasteiger charge is -2.13. The van der Waals surface area contributed by atoms with E-state index in [1.165, 1.54) is 48.5 Å². The van der Waals surface area contributed by atoms with Gasteiger partial charge in [-0.2, -0.15) is 0 Å². The number of carbonyl (C=O) groups excluding carboxylic acids is 4. The van der Waals surface area contributed by atoms with Crippen molar-refractivity contribution in [1.82, 2.24) is 0 Å². The molecule has 4 rings (SSSR count). The number of benzene rings is 3. The number of carbonyl (C=O) groups is 4. The first kappa shape index (κ1) is 20.9. The van der Waals surface area contributed by atoms with Gasteiger partial charge in [-0.25, -0.2) is 18.5 Å². The normalized spacial score (nSPS) is 12.5. The minimum absolute atomic E-state index is 0.0158. The van der Waals surface area contributed by atoms with E-state index >= 15 is 0 Å². The molecular formula is C23H14F2N2O5. The van der Waals surface area contributed by atoms with Crippen molar-refractivity contribution in [2.75, 3.05) is 16.8 Å². The highest BCUT2D eigenvalue weighted by Crippen LogP contribution is 2.29. The summed E-state index contributed by atoms with van der Waals surface area (Å²) in [5.41, 5.74) is 0.423. The Morgan fingerprint density at radius 2 is 1.56 bits per heavy atom. The summed E-state index contributed by atoms with van der Waals surface area (Å²) in [5, 5.41) is 2.38. The molecule has 0 radical (unpaired) electrons. The van der Waals surface area contributed by atoms with Gasteiger partial charge in [0.25, 0.3) is 17.7 Å². The number of ether oxygens (including phenoxy) is 1. The molecule has 3 aromatic rings. The van der Waals surface area contributed by atoms with E-state index in [4.69, 9.17) is 4.74 Å². The van der Waals surface area contributed by atoms with Gasteiger partial charge in [0.1, 0.15) is 11.6 Å². The van der Waals surface area contributed by atoms with Crippen LogP contribution in [0.15, 0.2) is 66.7 Å². The highest BCUT2D eigenvalue weighted by atomic mass is 19.1. The minimum Gasteiger partial charge on any atom is -0.452 e. The van der Waals surface area contributed by atoms with Crippen LogP contribution in [-0.2, 0) is 9.53 Å². The van der Waals surface area contributed by atoms with Crippen molar-refractivity contribution < 1.29 is 32.7 Å². The summed E-state index contributed by atoms with van der Waals surface area (Å²) in [6.07, 6.45) is 0. The minimum atomic E-state index is -0.886. The lowest BCUT2D eigenvalue weighted by molar-refractivity contribution is -0.119. The Labute approximate surface area is 180 Å². The zero-order chi connectivity index (χ0) is 22.8. The molecule has 0 saturated carbocycles. The predicted molar refractivity (Wildman–Crippen MR) is 109 cm³/mol. The molecule has 0 saturated heterocycles. The smallest absolute Gasteiger partial charge is 0.338 e. The Morgan fingerprint density at radius 1 is 0.844 bits per heavy atom. The van der Waals surface area contributed by atoms with Crippen molar-refractivity contribution in [3.05, 3.63) is 95.1 Å². The van der Waals surface area contributed by atoms with Crippen LogP contribution in [0.4, 0.5) is 20.2 Å². The van der Waals surface area contributed by atoms with Crippen LogP contribution in [0.3, 0.4) is 0 Å². The molecule has 1 heterocycles. The van der Waals surface area contributed by atoms with Crippen molar-refractivity contribution in [3.63, 3.8) is 0 Å². The topological polar surface area (TPSA) is 92.8 Å². The Balaban J connectivity index is 1.45. The maximum Gasteiger partial charge on any atom is 0.338 e. The molecule has 32 heavy (non-hydrogen) atoms. The van der Waals surface area contributed by atoms with Crippen molar-refractivity contribution in [2.45, 2.75) is 0 Å². The van der Waals surface area contributed by atoms with Gasteiger partial charge in [-0.3, -0.25) is 14.4 Å². The summed E-state index contributed by atoms with van der Waals surface area (Å²) in [6.45, 7) is -0.638. The second-order valence-electron chi connectivity index (χ2n) is 6.82. The zero-order valence-corrected chi connectivity index (χ0v) is 16.3. The fourth-order valence-electron chi connectivity index (χ4n) is 3.17. The highest BCUT2D eigenvalue weighted by Gasteiger charge is 2.37. The number of amides is 3. The van der Waals surface area contributed by atoms with Crippen LogP contribution in [0, 0.1) is 11.6 Å². The van der Waals surface area contributed by atoms with Gasteiger partial charge in [0.15, 0.2) is 6.61 Å². The second-order valence-corrected chi connectivity index (χ2v) is 6.82. The van der Waals surface area contributed by atoms with Gasteiger partial charge in [-0.05, 0) is 60.7 Å². The molecule has 7 nitrogen and oxygen atoms in total. The third-order valence-electron chi connectivity index (χ3n) is 4.65. The molecule has 0 aromatic heterocycles. The average Bonchev–Trinajstić information content (AvgIpc) is 3.02. The number of nitrogens with one attached hydrogen (secondary N) is 1. The van der Waals surface area contributed by atoms with E-state index in [1.807, 2.05) is 0 Å². The average molecular weight is 436 g/mol. The first-order chi connectivity index (χ1) is 15.3. The highest BCUT2D eigenvalue weighted by molar-refractivity contribution is 6.34. The molecule has 0 bridgehead atoms. The first-order valence-electron chi connectivity index (χ1n) is 9.34. The largest absolute Gasteiger partial charge is 0.452 e. The maximum atomic E-state index is 13.2. The van der Waals surface area contributed by atoms with Crippen LogP contribution in [-0.4, -0.2) is 30.3 Å². The van der Waals surface area contributed by atoms with Crippen LogP contribution in [0.5, 0.6) is 0 Å². The monoisotopic (exact) mass is 436 g/mol. The maximum absolute atomic E-state index is 13.2. The summed E-state index contributed by atoms with van der Waals surface area (Å²) in [6, 6.07) is 13.8. The van der Waals surface area contributed by atoms with Crippen molar-refractivity contribution in [1.29, 1.82) is 0 Å². The molecule has 9 heteroatoms. The number of hydrogen-bond acceptors (Lipinski definition) is 5. The zero-order valence-electron chi connectivity index (χ0n) is 16.3. The van der Waals surface area contributed by atoms with Gasteiger partial charge in [-0.15, -0.1) is 0 Å². The van der Waals surface area contributed by atoms with E-state index in [1.54, 1.807) is 0 Å². The molecule has 0 unspecified atom stereocenters. The van der Waals surface area contributed by atoms with Gasteiger partial charge < -0.3 is 10.1 Å². The molecule has 160 valence electrons. The molecule has 1 aliphatic heterocycles. The summed E-state index contributed by atoms with van der Waals surface area (Å²) in [4.78, 5) is 50.5. The second kappa shape index (κ2) is 8.38. The predicted octanol–water partition coefficient (Wildman–Crippen LogP) is 3.56. The van der Waals surface area contributed by atoms with E-state index in [0.717, 1.165) is 23.1 Å². The van der Waals surface area contributed by atoms with Crippen LogP contribution in [0.2, 0.25) is 0 Å². The number of hydrogen-bond donors (Lipinski definition) is 1. The SMILES string of the molecule is O=C(COC(=O)c1ccc2c(c1)C(=O)N(c1ccc(F)cc1)C2=O)Nc1cccc(F)c1. The van der Waals surface area contributed by atoms with Crippen LogP contribution >= 0.6 is 0 Å². The molecule has 3 amide bonds. The molecule has 0 spiro atoms. The summed E-state index contributed by atoms with van der Waals surface area (Å²) in [7, 11) is 0. The Morgan fingerprint density at radius 3 is 2.28 bits per heavy atom. The molecule has 3 aromatic carbocycles. The van der Waals surface area contributed by atoms with E-state index in [9.17, 15) is 28.0 Å². The number of imide groups is 1. The lowest BCUT2D eigenvalue weighted by Crippen LogP contribution is -2.29. The molecule has 0 atom stereocenters. The van der Waals surface area contributed by atoms with E-state index < -0.39 is 41.9 Å². The van der Waals surface area contributed by atoms with Crippen molar-refractivity contribution in [3.8, 4) is 0 Å². The van der Waals surface area contributed by atoms with E-state index in [2.05, 4.69) is 5.32 Å². The Bertz CT molecular complexity index is 1260. The van der Waals surface area contributed by atoms with Gasteiger partial charge in [-0.1, -0.05) is 6.07 Å². The fraction of sp³-hybridized carbons (Fsp3) is 0.0435. The fourth-order valence-corrected chi connectivity index (χ4v) is 3.17. The van der Waals surface area contributed by atoms with E-state index in [0.29, 0.717) is 0 Å². The lowest BCUT2D eigenvalue weighted by atomic mass is 10.1. The number of esters is 1. The molecule has 1 N–H and O–H groups in total. The molecule has 1 aliphatic rings. The summed E-state index contributed by atoms with van der Waals surface area (Å²) in [5.74, 6) is -3.90. The summed E-state index contributed by atoms with van der Waals surface area (Å²) < 4.78 is 31.3. The standard InChI is InChI=1S/C23H14F2N2O5/c24-14-5-7-17(8-6-14)27-21(29)18-9-4-13(10-19(18)22(27)30)23(31)32-12-20(28)26-16-3-1-2-15(25)11-16/h1-11H,12H2,(H,26,28). The number of fused-ring (bicyclic) bond motifs is 1.